The number of benzene rings is 1. The molecule has 2 atom stereocenters. The van der Waals surface area contributed by atoms with E-state index in [0.29, 0.717) is 15.6 Å². The minimum Gasteiger partial charge on any atom is -0.481 e. The molecule has 1 saturated heterocycles. The zero-order valence-electron chi connectivity index (χ0n) is 12.9. The van der Waals surface area contributed by atoms with Crippen LogP contribution < -0.4 is 0 Å². The van der Waals surface area contributed by atoms with E-state index in [2.05, 4.69) is 0 Å². The SMILES string of the molecule is Cc1c(C(=O)N2C[C@@H](C(F)(F)F)[C@H](C(=O)O)C2)sc2cc(F)ccc12. The molecule has 0 unspecified atom stereocenters. The molecule has 2 heterocycles. The number of aliphatic carboxylic acids is 1. The highest BCUT2D eigenvalue weighted by Crippen LogP contribution is 2.39. The lowest BCUT2D eigenvalue weighted by molar-refractivity contribution is -0.187. The van der Waals surface area contributed by atoms with Crippen LogP contribution in [0.25, 0.3) is 10.1 Å². The lowest BCUT2D eigenvalue weighted by Crippen LogP contribution is -2.34. The summed E-state index contributed by atoms with van der Waals surface area (Å²) in [5, 5.41) is 9.69. The number of fused-ring (bicyclic) bond motifs is 1. The van der Waals surface area contributed by atoms with E-state index in [4.69, 9.17) is 5.11 Å². The maximum absolute atomic E-state index is 13.3. The number of rotatable bonds is 2. The Morgan fingerprint density at radius 2 is 1.96 bits per heavy atom. The van der Waals surface area contributed by atoms with Crippen LogP contribution in [0.2, 0.25) is 0 Å². The van der Waals surface area contributed by atoms with Crippen LogP contribution in [0, 0.1) is 24.6 Å². The van der Waals surface area contributed by atoms with Gasteiger partial charge in [-0.2, -0.15) is 13.2 Å². The Kier molecular flexibility index (Phi) is 4.22. The Bertz CT molecular complexity index is 861. The molecule has 25 heavy (non-hydrogen) atoms. The number of halogens is 4. The van der Waals surface area contributed by atoms with E-state index >= 15 is 0 Å². The summed E-state index contributed by atoms with van der Waals surface area (Å²) in [6.45, 7) is 0.442. The van der Waals surface area contributed by atoms with Gasteiger partial charge in [0.25, 0.3) is 5.91 Å². The van der Waals surface area contributed by atoms with Gasteiger partial charge in [0, 0.05) is 17.8 Å². The molecule has 1 aromatic heterocycles. The van der Waals surface area contributed by atoms with Gasteiger partial charge in [-0.15, -0.1) is 11.3 Å². The van der Waals surface area contributed by atoms with Crippen LogP contribution in [-0.4, -0.2) is 41.1 Å². The predicted molar refractivity (Wildman–Crippen MR) is 83.1 cm³/mol. The zero-order chi connectivity index (χ0) is 18.5. The van der Waals surface area contributed by atoms with E-state index < -0.39 is 48.8 Å². The quantitative estimate of drug-likeness (QED) is 0.815. The first kappa shape index (κ1) is 17.7. The van der Waals surface area contributed by atoms with E-state index in [0.717, 1.165) is 16.2 Å². The summed E-state index contributed by atoms with van der Waals surface area (Å²) in [7, 11) is 0. The van der Waals surface area contributed by atoms with Crippen LogP contribution in [0.15, 0.2) is 18.2 Å². The number of aryl methyl sites for hydroxylation is 1. The van der Waals surface area contributed by atoms with Crippen molar-refractivity contribution < 1.29 is 32.3 Å². The van der Waals surface area contributed by atoms with Crippen LogP contribution in [0.1, 0.15) is 15.2 Å². The summed E-state index contributed by atoms with van der Waals surface area (Å²) in [5.41, 5.74) is 0.548. The van der Waals surface area contributed by atoms with Crippen LogP contribution in [-0.2, 0) is 4.79 Å². The maximum Gasteiger partial charge on any atom is 0.394 e. The second-order valence-corrected chi connectivity index (χ2v) is 7.05. The molecule has 0 spiro atoms. The van der Waals surface area contributed by atoms with Crippen molar-refractivity contribution in [3.63, 3.8) is 0 Å². The molecule has 1 aliphatic heterocycles. The largest absolute Gasteiger partial charge is 0.481 e. The molecule has 2 aromatic rings. The first-order chi connectivity index (χ1) is 11.6. The molecule has 9 heteroatoms. The third-order valence-electron chi connectivity index (χ3n) is 4.44. The third-order valence-corrected chi connectivity index (χ3v) is 5.68. The van der Waals surface area contributed by atoms with Gasteiger partial charge < -0.3 is 10.0 Å². The average molecular weight is 375 g/mol. The first-order valence-electron chi connectivity index (χ1n) is 7.37. The number of likely N-dealkylation sites (tertiary alicyclic amines) is 1. The number of carboxylic acid groups (broad SMARTS) is 1. The molecule has 0 aliphatic carbocycles. The smallest absolute Gasteiger partial charge is 0.394 e. The van der Waals surface area contributed by atoms with Crippen molar-refractivity contribution in [2.45, 2.75) is 13.1 Å². The normalized spacial score (nSPS) is 21.1. The van der Waals surface area contributed by atoms with Crippen LogP contribution in [0.4, 0.5) is 17.6 Å². The van der Waals surface area contributed by atoms with Gasteiger partial charge in [0.2, 0.25) is 0 Å². The van der Waals surface area contributed by atoms with Crippen molar-refractivity contribution in [2.75, 3.05) is 13.1 Å². The highest BCUT2D eigenvalue weighted by atomic mass is 32.1. The number of hydrogen-bond acceptors (Lipinski definition) is 3. The number of carbonyl (C=O) groups is 2. The van der Waals surface area contributed by atoms with Crippen molar-refractivity contribution in [3.8, 4) is 0 Å². The Morgan fingerprint density at radius 3 is 2.52 bits per heavy atom. The topological polar surface area (TPSA) is 57.6 Å². The summed E-state index contributed by atoms with van der Waals surface area (Å²) < 4.78 is 53.0. The molecule has 4 nitrogen and oxygen atoms in total. The minimum atomic E-state index is -4.70. The predicted octanol–water partition coefficient (Wildman–Crippen LogP) is 3.68. The van der Waals surface area contributed by atoms with E-state index in [1.54, 1.807) is 6.92 Å². The molecule has 1 aliphatic rings. The van der Waals surface area contributed by atoms with Crippen molar-refractivity contribution >= 4 is 33.3 Å². The minimum absolute atomic E-state index is 0.201. The van der Waals surface area contributed by atoms with E-state index in [1.807, 2.05) is 0 Å². The second-order valence-electron chi connectivity index (χ2n) is 6.00. The molecule has 1 fully saturated rings. The molecule has 1 N–H and O–H groups in total. The van der Waals surface area contributed by atoms with Gasteiger partial charge in [0.15, 0.2) is 0 Å². The molecule has 3 rings (SSSR count). The highest BCUT2D eigenvalue weighted by molar-refractivity contribution is 7.21. The zero-order valence-corrected chi connectivity index (χ0v) is 13.7. The summed E-state index contributed by atoms with van der Waals surface area (Å²) in [6.07, 6.45) is -4.70. The summed E-state index contributed by atoms with van der Waals surface area (Å²) in [6, 6.07) is 4.01. The van der Waals surface area contributed by atoms with Gasteiger partial charge in [-0.25, -0.2) is 4.39 Å². The maximum atomic E-state index is 13.3. The van der Waals surface area contributed by atoms with E-state index in [9.17, 15) is 27.2 Å². The third kappa shape index (κ3) is 3.08. The van der Waals surface area contributed by atoms with Crippen LogP contribution in [0.5, 0.6) is 0 Å². The molecular weight excluding hydrogens is 362 g/mol. The fourth-order valence-electron chi connectivity index (χ4n) is 3.10. The molecule has 0 radical (unpaired) electrons. The van der Waals surface area contributed by atoms with Crippen LogP contribution in [0.3, 0.4) is 0 Å². The number of thiophene rings is 1. The van der Waals surface area contributed by atoms with Gasteiger partial charge in [0.1, 0.15) is 5.82 Å². The van der Waals surface area contributed by atoms with Crippen LogP contribution >= 0.6 is 11.3 Å². The molecule has 134 valence electrons. The number of hydrogen-bond donors (Lipinski definition) is 1. The van der Waals surface area contributed by atoms with Gasteiger partial charge in [-0.05, 0) is 30.0 Å². The molecule has 1 amide bonds. The first-order valence-corrected chi connectivity index (χ1v) is 8.18. The number of alkyl halides is 3. The molecular formula is C16H13F4NO3S. The number of carboxylic acids is 1. The van der Waals surface area contributed by atoms with Crippen molar-refractivity contribution in [2.24, 2.45) is 11.8 Å². The van der Waals surface area contributed by atoms with Gasteiger partial charge in [0.05, 0.1) is 16.7 Å². The Labute approximate surface area is 143 Å². The fraction of sp³-hybridized carbons (Fsp3) is 0.375. The number of carbonyl (C=O) groups excluding carboxylic acids is 1. The number of nitrogens with zero attached hydrogens (tertiary/aromatic N) is 1. The Hall–Kier alpha value is -2.16. The molecule has 0 saturated carbocycles. The van der Waals surface area contributed by atoms with Gasteiger partial charge in [-0.1, -0.05) is 6.07 Å². The molecule has 1 aromatic carbocycles. The lowest BCUT2D eigenvalue weighted by Gasteiger charge is -2.18. The standard InChI is InChI=1S/C16H13F4NO3S/c1-7-9-3-2-8(17)4-12(9)25-13(7)14(22)21-5-10(15(23)24)11(6-21)16(18,19)20/h2-4,10-11H,5-6H2,1H3,(H,23,24)/t10-,11-/m1/s1. The van der Waals surface area contributed by atoms with Gasteiger partial charge >= 0.3 is 12.1 Å². The Balaban J connectivity index is 1.94. The monoisotopic (exact) mass is 375 g/mol. The molecule has 0 bridgehead atoms. The Morgan fingerprint density at radius 1 is 1.28 bits per heavy atom. The number of amides is 1. The average Bonchev–Trinajstić information content (AvgIpc) is 3.08. The highest BCUT2D eigenvalue weighted by Gasteiger charge is 2.53. The summed E-state index contributed by atoms with van der Waals surface area (Å²) >= 11 is 0.991. The van der Waals surface area contributed by atoms with E-state index in [-0.39, 0.29) is 4.88 Å². The van der Waals surface area contributed by atoms with Gasteiger partial charge in [-0.3, -0.25) is 9.59 Å². The van der Waals surface area contributed by atoms with Crippen molar-refractivity contribution in [1.82, 2.24) is 4.90 Å². The fourth-order valence-corrected chi connectivity index (χ4v) is 4.30. The summed E-state index contributed by atoms with van der Waals surface area (Å²) in [4.78, 5) is 24.9. The second kappa shape index (κ2) is 5.98. The van der Waals surface area contributed by atoms with E-state index in [1.165, 1.54) is 18.2 Å². The summed E-state index contributed by atoms with van der Waals surface area (Å²) in [5.74, 6) is -6.49. The van der Waals surface area contributed by atoms with Crippen molar-refractivity contribution in [3.05, 3.63) is 34.5 Å². The lowest BCUT2D eigenvalue weighted by atomic mass is 9.96. The van der Waals surface area contributed by atoms with Crippen molar-refractivity contribution in [1.29, 1.82) is 0 Å².